The van der Waals surface area contributed by atoms with Gasteiger partial charge in [0.1, 0.15) is 5.82 Å². The molecule has 0 aromatic carbocycles. The molecule has 0 radical (unpaired) electrons. The Labute approximate surface area is 130 Å². The number of nitrogen functional groups attached to an aromatic ring is 1. The molecule has 0 saturated heterocycles. The number of aromatic nitrogens is 4. The molecule has 23 heavy (non-hydrogen) atoms. The molecule has 0 aliphatic carbocycles. The van der Waals surface area contributed by atoms with Crippen molar-refractivity contribution in [1.82, 2.24) is 19.7 Å². The molecule has 0 fully saturated rings. The van der Waals surface area contributed by atoms with Gasteiger partial charge in [0.2, 0.25) is 5.82 Å². The van der Waals surface area contributed by atoms with Crippen LogP contribution in [0, 0.1) is 10.1 Å². The SMILES string of the molecule is Cn1nccc1-c1ccc([N+](=O)[O-])c(Nc2ccc(N)nc2)n1. The summed E-state index contributed by atoms with van der Waals surface area (Å²) >= 11 is 0. The van der Waals surface area contributed by atoms with Crippen molar-refractivity contribution >= 4 is 23.0 Å². The van der Waals surface area contributed by atoms with Crippen LogP contribution in [0.4, 0.5) is 23.0 Å². The number of hydrogen-bond donors (Lipinski definition) is 2. The fraction of sp³-hybridized carbons (Fsp3) is 0.0714. The van der Waals surface area contributed by atoms with Crippen LogP contribution in [0.2, 0.25) is 0 Å². The molecule has 0 atom stereocenters. The van der Waals surface area contributed by atoms with E-state index in [1.54, 1.807) is 42.2 Å². The fourth-order valence-electron chi connectivity index (χ4n) is 2.07. The maximum absolute atomic E-state index is 11.2. The van der Waals surface area contributed by atoms with E-state index in [4.69, 9.17) is 5.73 Å². The van der Waals surface area contributed by atoms with Gasteiger partial charge in [-0.1, -0.05) is 0 Å². The summed E-state index contributed by atoms with van der Waals surface area (Å²) in [5, 5.41) is 18.2. The highest BCUT2D eigenvalue weighted by Crippen LogP contribution is 2.28. The zero-order chi connectivity index (χ0) is 16.4. The number of nitrogens with one attached hydrogen (secondary N) is 1. The maximum atomic E-state index is 11.2. The van der Waals surface area contributed by atoms with E-state index in [2.05, 4.69) is 20.4 Å². The van der Waals surface area contributed by atoms with Crippen LogP contribution >= 0.6 is 0 Å². The summed E-state index contributed by atoms with van der Waals surface area (Å²) in [5.74, 6) is 0.488. The van der Waals surface area contributed by atoms with Crippen LogP contribution in [0.15, 0.2) is 42.7 Å². The first-order valence-corrected chi connectivity index (χ1v) is 6.67. The van der Waals surface area contributed by atoms with E-state index >= 15 is 0 Å². The number of rotatable bonds is 4. The lowest BCUT2D eigenvalue weighted by Crippen LogP contribution is -2.03. The zero-order valence-electron chi connectivity index (χ0n) is 12.2. The van der Waals surface area contributed by atoms with Crippen LogP contribution in [0.3, 0.4) is 0 Å². The van der Waals surface area contributed by atoms with Gasteiger partial charge in [0.05, 0.1) is 28.2 Å². The molecular formula is C14H13N7O2. The minimum absolute atomic E-state index is 0.125. The van der Waals surface area contributed by atoms with Crippen molar-refractivity contribution in [2.24, 2.45) is 7.05 Å². The first kappa shape index (κ1) is 14.4. The number of nitrogens with zero attached hydrogens (tertiary/aromatic N) is 5. The molecule has 9 nitrogen and oxygen atoms in total. The Morgan fingerprint density at radius 2 is 2.09 bits per heavy atom. The van der Waals surface area contributed by atoms with E-state index < -0.39 is 4.92 Å². The van der Waals surface area contributed by atoms with Crippen molar-refractivity contribution in [2.45, 2.75) is 0 Å². The van der Waals surface area contributed by atoms with Gasteiger partial charge in [-0.25, -0.2) is 9.97 Å². The lowest BCUT2D eigenvalue weighted by Gasteiger charge is -2.08. The average molecular weight is 311 g/mol. The Hall–Kier alpha value is -3.49. The Balaban J connectivity index is 2.03. The van der Waals surface area contributed by atoms with E-state index in [0.29, 0.717) is 17.2 Å². The predicted octanol–water partition coefficient (Wildman–Crippen LogP) is 2.11. The van der Waals surface area contributed by atoms with Gasteiger partial charge in [-0.2, -0.15) is 5.10 Å². The molecule has 0 aliphatic heterocycles. The van der Waals surface area contributed by atoms with Crippen molar-refractivity contribution in [3.63, 3.8) is 0 Å². The molecule has 3 aromatic rings. The normalized spacial score (nSPS) is 10.5. The van der Waals surface area contributed by atoms with Gasteiger partial charge in [0.15, 0.2) is 0 Å². The number of aryl methyl sites for hydroxylation is 1. The highest BCUT2D eigenvalue weighted by molar-refractivity contribution is 5.69. The lowest BCUT2D eigenvalue weighted by molar-refractivity contribution is -0.384. The van der Waals surface area contributed by atoms with Gasteiger partial charge in [-0.15, -0.1) is 0 Å². The molecule has 9 heteroatoms. The number of pyridine rings is 2. The maximum Gasteiger partial charge on any atom is 0.311 e. The zero-order valence-corrected chi connectivity index (χ0v) is 12.2. The molecule has 3 rings (SSSR count). The summed E-state index contributed by atoms with van der Waals surface area (Å²) in [5.41, 5.74) is 7.27. The number of hydrogen-bond acceptors (Lipinski definition) is 7. The molecule has 0 spiro atoms. The summed E-state index contributed by atoms with van der Waals surface area (Å²) in [6, 6.07) is 8.04. The molecule has 3 aromatic heterocycles. The molecule has 0 bridgehead atoms. The average Bonchev–Trinajstić information content (AvgIpc) is 2.95. The molecular weight excluding hydrogens is 298 g/mol. The Bertz CT molecular complexity index is 858. The standard InChI is InChI=1S/C14H13N7O2/c1-20-11(6-7-17-20)10-3-4-12(21(22)23)14(19-10)18-9-2-5-13(15)16-8-9/h2-8H,1H3,(H2,15,16)(H,18,19). The van der Waals surface area contributed by atoms with Gasteiger partial charge in [0.25, 0.3) is 0 Å². The van der Waals surface area contributed by atoms with Crippen molar-refractivity contribution < 1.29 is 4.92 Å². The third-order valence-electron chi connectivity index (χ3n) is 3.20. The Morgan fingerprint density at radius 1 is 1.26 bits per heavy atom. The topological polar surface area (TPSA) is 125 Å². The van der Waals surface area contributed by atoms with E-state index in [9.17, 15) is 10.1 Å². The second-order valence-corrected chi connectivity index (χ2v) is 4.76. The monoisotopic (exact) mass is 311 g/mol. The van der Waals surface area contributed by atoms with Crippen LogP contribution in [0.5, 0.6) is 0 Å². The smallest absolute Gasteiger partial charge is 0.311 e. The third kappa shape index (κ3) is 2.93. The van der Waals surface area contributed by atoms with E-state index in [1.165, 1.54) is 12.3 Å². The number of nitrogens with two attached hydrogens (primary N) is 1. The number of anilines is 3. The van der Waals surface area contributed by atoms with Crippen LogP contribution in [-0.2, 0) is 7.05 Å². The second kappa shape index (κ2) is 5.72. The molecule has 3 heterocycles. The summed E-state index contributed by atoms with van der Waals surface area (Å²) < 4.78 is 1.64. The third-order valence-corrected chi connectivity index (χ3v) is 3.20. The molecule has 0 amide bonds. The van der Waals surface area contributed by atoms with Crippen molar-refractivity contribution in [2.75, 3.05) is 11.1 Å². The van der Waals surface area contributed by atoms with Gasteiger partial charge in [-0.3, -0.25) is 14.8 Å². The summed E-state index contributed by atoms with van der Waals surface area (Å²) in [6.07, 6.45) is 3.12. The second-order valence-electron chi connectivity index (χ2n) is 4.76. The van der Waals surface area contributed by atoms with E-state index in [-0.39, 0.29) is 11.5 Å². The summed E-state index contributed by atoms with van der Waals surface area (Å²) in [4.78, 5) is 19.0. The minimum atomic E-state index is -0.493. The van der Waals surface area contributed by atoms with Crippen LogP contribution in [0.25, 0.3) is 11.4 Å². The van der Waals surface area contributed by atoms with E-state index in [1.807, 2.05) is 0 Å². The van der Waals surface area contributed by atoms with Crippen molar-refractivity contribution in [3.8, 4) is 11.4 Å². The van der Waals surface area contributed by atoms with Gasteiger partial charge >= 0.3 is 5.69 Å². The first-order valence-electron chi connectivity index (χ1n) is 6.67. The Kier molecular flexibility index (Phi) is 3.59. The highest BCUT2D eigenvalue weighted by atomic mass is 16.6. The largest absolute Gasteiger partial charge is 0.384 e. The molecule has 0 saturated carbocycles. The predicted molar refractivity (Wildman–Crippen MR) is 85.0 cm³/mol. The van der Waals surface area contributed by atoms with Crippen LogP contribution < -0.4 is 11.1 Å². The molecule has 0 aliphatic rings. The molecule has 116 valence electrons. The van der Waals surface area contributed by atoms with Crippen LogP contribution in [-0.4, -0.2) is 24.7 Å². The number of nitro groups is 1. The summed E-state index contributed by atoms with van der Waals surface area (Å²) in [6.45, 7) is 0. The van der Waals surface area contributed by atoms with Crippen molar-refractivity contribution in [3.05, 3.63) is 52.8 Å². The van der Waals surface area contributed by atoms with Gasteiger partial charge in [-0.05, 0) is 24.3 Å². The summed E-state index contributed by atoms with van der Waals surface area (Å²) in [7, 11) is 1.77. The van der Waals surface area contributed by atoms with Gasteiger partial charge < -0.3 is 11.1 Å². The molecule has 3 N–H and O–H groups in total. The lowest BCUT2D eigenvalue weighted by atomic mass is 10.2. The highest BCUT2D eigenvalue weighted by Gasteiger charge is 2.18. The minimum Gasteiger partial charge on any atom is -0.384 e. The molecule has 0 unspecified atom stereocenters. The quantitative estimate of drug-likeness (QED) is 0.558. The van der Waals surface area contributed by atoms with Crippen molar-refractivity contribution in [1.29, 1.82) is 0 Å². The Morgan fingerprint density at radius 3 is 2.70 bits per heavy atom. The van der Waals surface area contributed by atoms with E-state index in [0.717, 1.165) is 5.69 Å². The first-order chi connectivity index (χ1) is 11.0. The van der Waals surface area contributed by atoms with Gasteiger partial charge in [0, 0.05) is 19.3 Å². The van der Waals surface area contributed by atoms with Crippen LogP contribution in [0.1, 0.15) is 0 Å². The fourth-order valence-corrected chi connectivity index (χ4v) is 2.07.